The largest absolute Gasteiger partial charge is 0.395 e. The van der Waals surface area contributed by atoms with Crippen molar-refractivity contribution in [3.8, 4) is 0 Å². The molecule has 0 spiro atoms. The molecule has 2 aromatic carbocycles. The van der Waals surface area contributed by atoms with Crippen LogP contribution in [0, 0.1) is 0 Å². The fourth-order valence-electron chi connectivity index (χ4n) is 3.05. The lowest BCUT2D eigenvalue weighted by atomic mass is 10.2. The topological polar surface area (TPSA) is 30.0 Å². The molecule has 4 rings (SSSR count). The van der Waals surface area contributed by atoms with Crippen molar-refractivity contribution in [2.24, 2.45) is 0 Å². The second-order valence-corrected chi connectivity index (χ2v) is 7.68. The molecule has 0 bridgehead atoms. The first-order chi connectivity index (χ1) is 16.3. The monoisotopic (exact) mass is 447 g/mol. The summed E-state index contributed by atoms with van der Waals surface area (Å²) in [5, 5.41) is 9.86. The first-order valence-electron chi connectivity index (χ1n) is 12.8. The molecule has 1 saturated heterocycles. The van der Waals surface area contributed by atoms with E-state index >= 15 is 0 Å². The molecule has 0 aliphatic carbocycles. The van der Waals surface area contributed by atoms with Crippen molar-refractivity contribution in [2.75, 3.05) is 57.1 Å². The van der Waals surface area contributed by atoms with Gasteiger partial charge >= 0.3 is 0 Å². The number of nitrogens with zero attached hydrogens (tertiary/aromatic N) is 3. The predicted octanol–water partition coefficient (Wildman–Crippen LogP) is 4.36. The number of para-hydroxylation sites is 1. The fourth-order valence-corrected chi connectivity index (χ4v) is 4.29. The van der Waals surface area contributed by atoms with Gasteiger partial charge in [-0.3, -0.25) is 4.90 Å². The Kier molecular flexibility index (Phi) is 4.87. The Morgan fingerprint density at radius 2 is 1.61 bits per heavy atom. The first-order valence-corrected chi connectivity index (χ1v) is 9.96. The van der Waals surface area contributed by atoms with Crippen LogP contribution in [0.3, 0.4) is 0 Å². The number of halogens is 2. The molecule has 1 N–H and O–H groups in total. The standard InChI is InChI=1S/C21H26ClN3OS.ClH/c22-17-6-7-21-19(16-17)25(18-4-1-2-5-20(18)27-21)9-3-8-23-10-12-24(13-11-23)14-15-26;/h1-2,4-7,16,26H,3,8-15H2;1H/i10D2,11D2,12D2,13D2;. The van der Waals surface area contributed by atoms with Crippen LogP contribution in [-0.2, 0) is 0 Å². The van der Waals surface area contributed by atoms with E-state index in [4.69, 9.17) is 22.6 Å². The lowest BCUT2D eigenvalue weighted by Gasteiger charge is -2.36. The van der Waals surface area contributed by atoms with E-state index in [1.807, 2.05) is 41.3 Å². The van der Waals surface area contributed by atoms with Crippen molar-refractivity contribution in [1.29, 1.82) is 0 Å². The van der Waals surface area contributed by atoms with Crippen molar-refractivity contribution >= 4 is 47.1 Å². The van der Waals surface area contributed by atoms with Gasteiger partial charge in [-0.15, -0.1) is 12.4 Å². The minimum atomic E-state index is -2.89. The molecule has 7 heteroatoms. The molecule has 2 aliphatic rings. The van der Waals surface area contributed by atoms with Crippen molar-refractivity contribution in [3.63, 3.8) is 0 Å². The highest BCUT2D eigenvalue weighted by molar-refractivity contribution is 7.99. The second-order valence-electron chi connectivity index (χ2n) is 6.16. The van der Waals surface area contributed by atoms with E-state index in [2.05, 4.69) is 0 Å². The molecule has 1 fully saturated rings. The summed E-state index contributed by atoms with van der Waals surface area (Å²) in [6.45, 7) is -12.6. The average molecular weight is 448 g/mol. The maximum atomic E-state index is 9.30. The maximum Gasteiger partial charge on any atom is 0.0567 e. The Bertz CT molecular complexity index is 1080. The average Bonchev–Trinajstić information content (AvgIpc) is 2.78. The Hall–Kier alpha value is -0.950. The van der Waals surface area contributed by atoms with Crippen molar-refractivity contribution in [3.05, 3.63) is 47.5 Å². The normalized spacial score (nSPS) is 28.4. The summed E-state index contributed by atoms with van der Waals surface area (Å²) in [5.74, 6) is 0. The van der Waals surface area contributed by atoms with Crippen molar-refractivity contribution in [2.45, 2.75) is 16.2 Å². The van der Waals surface area contributed by atoms with Gasteiger partial charge < -0.3 is 14.9 Å². The van der Waals surface area contributed by atoms with Gasteiger partial charge in [0.15, 0.2) is 0 Å². The molecule has 28 heavy (non-hydrogen) atoms. The van der Waals surface area contributed by atoms with Gasteiger partial charge in [-0.05, 0) is 43.3 Å². The number of hydrogen-bond donors (Lipinski definition) is 1. The Balaban J connectivity index is 0.00000361. The number of β-amino-alcohol motifs (C(OH)–C–C–N with tert-alkyl or cyclic N) is 1. The second kappa shape index (κ2) is 10.2. The van der Waals surface area contributed by atoms with Crippen LogP contribution < -0.4 is 4.90 Å². The zero-order valence-corrected chi connectivity index (χ0v) is 17.4. The molecular formula is C21H27Cl2N3OS. The van der Waals surface area contributed by atoms with Crippen molar-refractivity contribution in [1.82, 2.24) is 9.80 Å². The smallest absolute Gasteiger partial charge is 0.0567 e. The van der Waals surface area contributed by atoms with Gasteiger partial charge in [0, 0.05) is 64.9 Å². The summed E-state index contributed by atoms with van der Waals surface area (Å²) in [4.78, 5) is 5.11. The van der Waals surface area contributed by atoms with Crippen LogP contribution in [0.1, 0.15) is 17.4 Å². The third-order valence-electron chi connectivity index (χ3n) is 4.31. The summed E-state index contributed by atoms with van der Waals surface area (Å²) in [6.07, 6.45) is 0.218. The minimum Gasteiger partial charge on any atom is -0.395 e. The summed E-state index contributed by atoms with van der Waals surface area (Å²) in [7, 11) is 0. The molecule has 2 aliphatic heterocycles. The molecule has 0 unspecified atom stereocenters. The lowest BCUT2D eigenvalue weighted by molar-refractivity contribution is 0.112. The zero-order valence-electron chi connectivity index (χ0n) is 23.1. The minimum absolute atomic E-state index is 0. The van der Waals surface area contributed by atoms with Crippen LogP contribution in [0.15, 0.2) is 52.3 Å². The molecule has 0 saturated carbocycles. The van der Waals surface area contributed by atoms with Crippen LogP contribution in [0.5, 0.6) is 0 Å². The fraction of sp³-hybridized carbons (Fsp3) is 0.429. The van der Waals surface area contributed by atoms with Crippen LogP contribution >= 0.6 is 35.8 Å². The summed E-state index contributed by atoms with van der Waals surface area (Å²) in [5.41, 5.74) is 1.79. The van der Waals surface area contributed by atoms with Crippen LogP contribution in [0.2, 0.25) is 5.02 Å². The number of piperazine rings is 1. The molecule has 0 aromatic heterocycles. The van der Waals surface area contributed by atoms with Gasteiger partial charge in [0.25, 0.3) is 0 Å². The number of rotatable bonds is 6. The summed E-state index contributed by atoms with van der Waals surface area (Å²) in [6, 6.07) is 13.3. The molecule has 0 atom stereocenters. The van der Waals surface area contributed by atoms with Gasteiger partial charge in [-0.25, -0.2) is 0 Å². The van der Waals surface area contributed by atoms with Gasteiger partial charge in [0.1, 0.15) is 0 Å². The highest BCUT2D eigenvalue weighted by Gasteiger charge is 2.23. The molecule has 0 radical (unpaired) electrons. The van der Waals surface area contributed by atoms with E-state index in [-0.39, 0.29) is 25.4 Å². The van der Waals surface area contributed by atoms with Gasteiger partial charge in [-0.2, -0.15) is 0 Å². The third-order valence-corrected chi connectivity index (χ3v) is 5.68. The predicted molar refractivity (Wildman–Crippen MR) is 121 cm³/mol. The van der Waals surface area contributed by atoms with Gasteiger partial charge in [0.05, 0.1) is 18.0 Å². The van der Waals surface area contributed by atoms with E-state index in [1.165, 1.54) is 0 Å². The molecule has 152 valence electrons. The zero-order chi connectivity index (χ0) is 25.8. The van der Waals surface area contributed by atoms with Crippen molar-refractivity contribution < 1.29 is 16.1 Å². The Labute approximate surface area is 194 Å². The van der Waals surface area contributed by atoms with E-state index in [1.54, 1.807) is 17.8 Å². The SMILES string of the molecule is Cl.[2H]C1([2H])N(CCO)C([2H])([2H])C([2H])([2H])N(CCCN2c3ccccc3Sc3ccc(Cl)cc32)C1([2H])[2H]. The Morgan fingerprint density at radius 1 is 0.929 bits per heavy atom. The number of hydrogen-bond acceptors (Lipinski definition) is 5. The lowest BCUT2D eigenvalue weighted by Crippen LogP contribution is -2.47. The quantitative estimate of drug-likeness (QED) is 0.709. The Morgan fingerprint density at radius 3 is 2.36 bits per heavy atom. The van der Waals surface area contributed by atoms with Crippen LogP contribution in [0.25, 0.3) is 0 Å². The summed E-state index contributed by atoms with van der Waals surface area (Å²) < 4.78 is 67.2. The number of aliphatic hydroxyl groups excluding tert-OH is 1. The number of aliphatic hydroxyl groups is 1. The van der Waals surface area contributed by atoms with Crippen LogP contribution in [-0.4, -0.2) is 67.1 Å². The third kappa shape index (κ3) is 4.96. The first kappa shape index (κ1) is 13.4. The van der Waals surface area contributed by atoms with E-state index < -0.39 is 39.1 Å². The van der Waals surface area contributed by atoms with E-state index in [0.717, 1.165) is 21.2 Å². The maximum absolute atomic E-state index is 9.30. The van der Waals surface area contributed by atoms with E-state index in [0.29, 0.717) is 21.4 Å². The highest BCUT2D eigenvalue weighted by Crippen LogP contribution is 2.48. The molecule has 0 amide bonds. The van der Waals surface area contributed by atoms with Gasteiger partial charge in [0.2, 0.25) is 0 Å². The van der Waals surface area contributed by atoms with Crippen LogP contribution in [0.4, 0.5) is 11.4 Å². The summed E-state index contributed by atoms with van der Waals surface area (Å²) >= 11 is 7.86. The number of anilines is 2. The molecule has 2 aromatic rings. The number of fused-ring (bicyclic) bond motifs is 2. The highest BCUT2D eigenvalue weighted by atomic mass is 35.5. The van der Waals surface area contributed by atoms with Gasteiger partial charge in [-0.1, -0.05) is 35.5 Å². The molecule has 4 nitrogen and oxygen atoms in total. The number of benzene rings is 2. The van der Waals surface area contributed by atoms with E-state index in [9.17, 15) is 5.11 Å². The molecular weight excluding hydrogens is 413 g/mol. The molecule has 2 heterocycles.